The number of rotatable bonds is 6. The van der Waals surface area contributed by atoms with Gasteiger partial charge in [0.2, 0.25) is 0 Å². The molecule has 108 valence electrons. The monoisotopic (exact) mass is 268 g/mol. The highest BCUT2D eigenvalue weighted by molar-refractivity contribution is 5.38. The Kier molecular flexibility index (Phi) is 5.35. The summed E-state index contributed by atoms with van der Waals surface area (Å²) in [5, 5.41) is 0. The number of nitrogens with one attached hydrogen (secondary N) is 1. The van der Waals surface area contributed by atoms with E-state index in [1.54, 1.807) is 0 Å². The van der Waals surface area contributed by atoms with E-state index in [9.17, 15) is 9.59 Å². The maximum atomic E-state index is 11.9. The fraction of sp³-hybridized carbons (Fsp3) is 0.692. The molecule has 0 radical (unpaired) electrons. The molecule has 0 amide bonds. The maximum absolute atomic E-state index is 11.9. The van der Waals surface area contributed by atoms with Crippen LogP contribution in [0.5, 0.6) is 0 Å². The summed E-state index contributed by atoms with van der Waals surface area (Å²) in [6, 6.07) is 0. The third-order valence-corrected chi connectivity index (χ3v) is 3.16. The van der Waals surface area contributed by atoms with Gasteiger partial charge in [-0.05, 0) is 19.0 Å². The van der Waals surface area contributed by atoms with E-state index in [1.807, 2.05) is 27.7 Å². The predicted molar refractivity (Wildman–Crippen MR) is 77.2 cm³/mol. The van der Waals surface area contributed by atoms with Crippen LogP contribution >= 0.6 is 0 Å². The van der Waals surface area contributed by atoms with Crippen molar-refractivity contribution in [2.75, 3.05) is 18.8 Å². The first-order valence-electron chi connectivity index (χ1n) is 6.74. The van der Waals surface area contributed by atoms with E-state index in [4.69, 9.17) is 5.73 Å². The van der Waals surface area contributed by atoms with Crippen molar-refractivity contribution >= 4 is 5.82 Å². The molecule has 19 heavy (non-hydrogen) atoms. The molecule has 0 fully saturated rings. The molecule has 0 spiro atoms. The van der Waals surface area contributed by atoms with Crippen molar-refractivity contribution in [1.29, 1.82) is 0 Å². The first kappa shape index (κ1) is 15.5. The van der Waals surface area contributed by atoms with Crippen molar-refractivity contribution < 1.29 is 0 Å². The molecule has 0 aliphatic heterocycles. The zero-order valence-corrected chi connectivity index (χ0v) is 12.2. The maximum Gasteiger partial charge on any atom is 0.329 e. The summed E-state index contributed by atoms with van der Waals surface area (Å²) in [5.41, 5.74) is 5.67. The Balaban J connectivity index is 3.25. The third-order valence-electron chi connectivity index (χ3n) is 3.16. The molecule has 0 aliphatic rings. The molecule has 0 unspecified atom stereocenters. The first-order valence-corrected chi connectivity index (χ1v) is 6.74. The fourth-order valence-corrected chi connectivity index (χ4v) is 2.00. The van der Waals surface area contributed by atoms with Gasteiger partial charge in [-0.2, -0.15) is 0 Å². The largest absolute Gasteiger partial charge is 0.385 e. The molecule has 0 saturated carbocycles. The number of aromatic nitrogens is 2. The van der Waals surface area contributed by atoms with Crippen molar-refractivity contribution in [2.45, 2.75) is 40.8 Å². The number of H-pyrrole nitrogens is 1. The van der Waals surface area contributed by atoms with E-state index in [-0.39, 0.29) is 17.3 Å². The lowest BCUT2D eigenvalue weighted by Crippen LogP contribution is -2.37. The van der Waals surface area contributed by atoms with Crippen molar-refractivity contribution in [1.82, 2.24) is 14.5 Å². The molecule has 3 N–H and O–H groups in total. The van der Waals surface area contributed by atoms with E-state index in [0.717, 1.165) is 13.1 Å². The molecule has 1 aromatic heterocycles. The minimum atomic E-state index is -0.431. The Morgan fingerprint density at radius 1 is 1.26 bits per heavy atom. The summed E-state index contributed by atoms with van der Waals surface area (Å²) in [7, 11) is 0. The molecular formula is C13H24N4O2. The molecular weight excluding hydrogens is 244 g/mol. The molecule has 1 aromatic rings. The second kappa shape index (κ2) is 6.56. The van der Waals surface area contributed by atoms with Gasteiger partial charge in [-0.1, -0.05) is 27.7 Å². The van der Waals surface area contributed by atoms with E-state index >= 15 is 0 Å². The van der Waals surface area contributed by atoms with Crippen LogP contribution in [0.3, 0.4) is 0 Å². The van der Waals surface area contributed by atoms with E-state index < -0.39 is 5.69 Å². The highest BCUT2D eigenvalue weighted by Crippen LogP contribution is 2.09. The average Bonchev–Trinajstić information content (AvgIpc) is 2.34. The lowest BCUT2D eigenvalue weighted by Gasteiger charge is -2.20. The minimum absolute atomic E-state index is 0.284. The summed E-state index contributed by atoms with van der Waals surface area (Å²) in [5.74, 6) is 0.571. The standard InChI is InChI=1S/C13H24N4O2/c1-5-16(6-2)8-10-11(14)17(7-9(3)4)13(19)15-12(10)18/h9H,5-8,14H2,1-4H3,(H,15,18,19). The van der Waals surface area contributed by atoms with Crippen LogP contribution < -0.4 is 17.0 Å². The number of aromatic amines is 1. The predicted octanol–water partition coefficient (Wildman–Crippen LogP) is 0.617. The molecule has 0 saturated heterocycles. The Labute approximate surface area is 113 Å². The van der Waals surface area contributed by atoms with Gasteiger partial charge >= 0.3 is 5.69 Å². The molecule has 0 bridgehead atoms. The van der Waals surface area contributed by atoms with Gasteiger partial charge in [-0.3, -0.25) is 19.2 Å². The molecule has 0 atom stereocenters. The molecule has 0 aliphatic carbocycles. The van der Waals surface area contributed by atoms with Gasteiger partial charge in [0.25, 0.3) is 5.56 Å². The SMILES string of the molecule is CCN(CC)Cc1c(N)n(CC(C)C)c(=O)[nH]c1=O. The number of nitrogens with two attached hydrogens (primary N) is 1. The van der Waals surface area contributed by atoms with Gasteiger partial charge in [-0.25, -0.2) is 4.79 Å². The van der Waals surface area contributed by atoms with Crippen LogP contribution in [-0.2, 0) is 13.1 Å². The summed E-state index contributed by atoms with van der Waals surface area (Å²) in [6.45, 7) is 10.7. The van der Waals surface area contributed by atoms with Crippen molar-refractivity contribution in [3.05, 3.63) is 26.4 Å². The van der Waals surface area contributed by atoms with Crippen LogP contribution in [0, 0.1) is 5.92 Å². The van der Waals surface area contributed by atoms with Crippen molar-refractivity contribution in [3.8, 4) is 0 Å². The smallest absolute Gasteiger partial charge is 0.329 e. The summed E-state index contributed by atoms with van der Waals surface area (Å²) in [4.78, 5) is 28.1. The second-order valence-electron chi connectivity index (χ2n) is 5.09. The van der Waals surface area contributed by atoms with Crippen LogP contribution in [-0.4, -0.2) is 27.5 Å². The van der Waals surface area contributed by atoms with Gasteiger partial charge in [-0.15, -0.1) is 0 Å². The lowest BCUT2D eigenvalue weighted by atomic mass is 10.2. The summed E-state index contributed by atoms with van der Waals surface area (Å²) >= 11 is 0. The van der Waals surface area contributed by atoms with Crippen molar-refractivity contribution in [3.63, 3.8) is 0 Å². The zero-order chi connectivity index (χ0) is 14.6. The number of nitrogen functional groups attached to an aromatic ring is 1. The normalized spacial score (nSPS) is 11.5. The topological polar surface area (TPSA) is 84.1 Å². The zero-order valence-electron chi connectivity index (χ0n) is 12.2. The summed E-state index contributed by atoms with van der Waals surface area (Å²) < 4.78 is 1.45. The highest BCUT2D eigenvalue weighted by atomic mass is 16.2. The average molecular weight is 268 g/mol. The van der Waals surface area contributed by atoms with Crippen molar-refractivity contribution in [2.24, 2.45) is 5.92 Å². The Hall–Kier alpha value is -1.56. The third kappa shape index (κ3) is 3.70. The molecule has 1 heterocycles. The lowest BCUT2D eigenvalue weighted by molar-refractivity contribution is 0.294. The van der Waals surface area contributed by atoms with E-state index in [1.165, 1.54) is 4.57 Å². The van der Waals surface area contributed by atoms with Crippen LogP contribution in [0.2, 0.25) is 0 Å². The van der Waals surface area contributed by atoms with Gasteiger partial charge < -0.3 is 5.73 Å². The number of hydrogen-bond acceptors (Lipinski definition) is 4. The molecule has 6 nitrogen and oxygen atoms in total. The fourth-order valence-electron chi connectivity index (χ4n) is 2.00. The van der Waals surface area contributed by atoms with Crippen LogP contribution in [0.4, 0.5) is 5.82 Å². The van der Waals surface area contributed by atoms with Crippen LogP contribution in [0.15, 0.2) is 9.59 Å². The molecule has 1 rings (SSSR count). The van der Waals surface area contributed by atoms with E-state index in [0.29, 0.717) is 18.7 Å². The van der Waals surface area contributed by atoms with Gasteiger partial charge in [0.1, 0.15) is 5.82 Å². The quantitative estimate of drug-likeness (QED) is 0.792. The van der Waals surface area contributed by atoms with Crippen LogP contribution in [0.25, 0.3) is 0 Å². The Bertz CT molecular complexity index is 526. The minimum Gasteiger partial charge on any atom is -0.385 e. The second-order valence-corrected chi connectivity index (χ2v) is 5.09. The number of anilines is 1. The van der Waals surface area contributed by atoms with Gasteiger partial charge in [0.15, 0.2) is 0 Å². The Morgan fingerprint density at radius 2 is 1.84 bits per heavy atom. The Morgan fingerprint density at radius 3 is 2.32 bits per heavy atom. The molecule has 6 heteroatoms. The number of hydrogen-bond donors (Lipinski definition) is 2. The first-order chi connectivity index (χ1) is 8.90. The number of nitrogens with zero attached hydrogens (tertiary/aromatic N) is 2. The van der Waals surface area contributed by atoms with Gasteiger partial charge in [0, 0.05) is 13.1 Å². The highest BCUT2D eigenvalue weighted by Gasteiger charge is 2.15. The van der Waals surface area contributed by atoms with E-state index in [2.05, 4.69) is 9.88 Å². The summed E-state index contributed by atoms with van der Waals surface area (Å²) in [6.07, 6.45) is 0. The molecule has 0 aromatic carbocycles. The van der Waals surface area contributed by atoms with Gasteiger partial charge in [0.05, 0.1) is 5.56 Å². The van der Waals surface area contributed by atoms with Crippen LogP contribution in [0.1, 0.15) is 33.3 Å².